The van der Waals surface area contributed by atoms with Gasteiger partial charge in [-0.2, -0.15) is 0 Å². The Bertz CT molecular complexity index is 523. The maximum Gasteiger partial charge on any atom is 0.130 e. The number of methoxy groups -OCH3 is 1. The number of rotatable bonds is 5. The molecule has 0 aliphatic heterocycles. The van der Waals surface area contributed by atoms with Gasteiger partial charge in [-0.3, -0.25) is 0 Å². The van der Waals surface area contributed by atoms with Gasteiger partial charge in [-0.15, -0.1) is 0 Å². The lowest BCUT2D eigenvalue weighted by Gasteiger charge is -2.13. The molecule has 4 heteroatoms. The van der Waals surface area contributed by atoms with Crippen molar-refractivity contribution in [3.63, 3.8) is 0 Å². The molecule has 0 radical (unpaired) electrons. The molecular weight excluding hydrogens is 238 g/mol. The SMILES string of the molecule is COc1ccc(CNc2ncccc2C(C)N)cc1. The molecule has 0 aliphatic rings. The number of ether oxygens (including phenoxy) is 1. The summed E-state index contributed by atoms with van der Waals surface area (Å²) < 4.78 is 5.13. The Morgan fingerprint density at radius 1 is 1.26 bits per heavy atom. The van der Waals surface area contributed by atoms with Crippen LogP contribution in [-0.2, 0) is 6.54 Å². The van der Waals surface area contributed by atoms with E-state index in [9.17, 15) is 0 Å². The van der Waals surface area contributed by atoms with Crippen LogP contribution in [0.4, 0.5) is 5.82 Å². The lowest BCUT2D eigenvalue weighted by molar-refractivity contribution is 0.414. The second kappa shape index (κ2) is 6.20. The molecule has 2 rings (SSSR count). The minimum atomic E-state index is -0.0351. The largest absolute Gasteiger partial charge is 0.497 e. The van der Waals surface area contributed by atoms with Crippen LogP contribution >= 0.6 is 0 Å². The number of benzene rings is 1. The smallest absolute Gasteiger partial charge is 0.130 e. The quantitative estimate of drug-likeness (QED) is 0.864. The van der Waals surface area contributed by atoms with E-state index in [0.717, 1.165) is 17.1 Å². The summed E-state index contributed by atoms with van der Waals surface area (Å²) in [6.45, 7) is 2.66. The molecule has 0 spiro atoms. The molecule has 1 aromatic heterocycles. The Kier molecular flexibility index (Phi) is 4.36. The van der Waals surface area contributed by atoms with Crippen molar-refractivity contribution in [3.05, 3.63) is 53.7 Å². The summed E-state index contributed by atoms with van der Waals surface area (Å²) in [5, 5.41) is 3.32. The maximum absolute atomic E-state index is 5.92. The topological polar surface area (TPSA) is 60.2 Å². The van der Waals surface area contributed by atoms with Gasteiger partial charge in [0.1, 0.15) is 11.6 Å². The number of hydrogen-bond acceptors (Lipinski definition) is 4. The van der Waals surface area contributed by atoms with E-state index in [1.807, 2.05) is 43.3 Å². The van der Waals surface area contributed by atoms with Crippen molar-refractivity contribution in [2.24, 2.45) is 5.73 Å². The molecule has 0 saturated carbocycles. The predicted molar refractivity (Wildman–Crippen MR) is 77.2 cm³/mol. The molecule has 19 heavy (non-hydrogen) atoms. The third kappa shape index (κ3) is 3.45. The van der Waals surface area contributed by atoms with Gasteiger partial charge in [-0.1, -0.05) is 18.2 Å². The van der Waals surface area contributed by atoms with Crippen LogP contribution in [0.3, 0.4) is 0 Å². The first kappa shape index (κ1) is 13.4. The summed E-state index contributed by atoms with van der Waals surface area (Å²) in [4.78, 5) is 4.33. The average molecular weight is 257 g/mol. The monoisotopic (exact) mass is 257 g/mol. The number of aromatic nitrogens is 1. The highest BCUT2D eigenvalue weighted by molar-refractivity contribution is 5.46. The summed E-state index contributed by atoms with van der Waals surface area (Å²) in [6.07, 6.45) is 1.77. The molecular formula is C15H19N3O. The fraction of sp³-hybridized carbons (Fsp3) is 0.267. The number of nitrogens with one attached hydrogen (secondary N) is 1. The van der Waals surface area contributed by atoms with Gasteiger partial charge in [0, 0.05) is 24.3 Å². The molecule has 1 atom stereocenters. The Morgan fingerprint density at radius 3 is 2.63 bits per heavy atom. The number of hydrogen-bond donors (Lipinski definition) is 2. The lowest BCUT2D eigenvalue weighted by Crippen LogP contribution is -2.11. The first-order valence-corrected chi connectivity index (χ1v) is 6.28. The van der Waals surface area contributed by atoms with Crippen LogP contribution in [-0.4, -0.2) is 12.1 Å². The van der Waals surface area contributed by atoms with Crippen molar-refractivity contribution < 1.29 is 4.74 Å². The lowest BCUT2D eigenvalue weighted by atomic mass is 10.1. The zero-order chi connectivity index (χ0) is 13.7. The van der Waals surface area contributed by atoms with Crippen LogP contribution in [0.1, 0.15) is 24.1 Å². The summed E-state index contributed by atoms with van der Waals surface area (Å²) in [6, 6.07) is 11.8. The van der Waals surface area contributed by atoms with Crippen molar-refractivity contribution in [1.82, 2.24) is 4.98 Å². The highest BCUT2D eigenvalue weighted by Crippen LogP contribution is 2.19. The standard InChI is InChI=1S/C15H19N3O/c1-11(16)14-4-3-9-17-15(14)18-10-12-5-7-13(19-2)8-6-12/h3-9,11H,10,16H2,1-2H3,(H,17,18). The van der Waals surface area contributed by atoms with Gasteiger partial charge in [0.25, 0.3) is 0 Å². The van der Waals surface area contributed by atoms with Gasteiger partial charge in [-0.05, 0) is 30.7 Å². The molecule has 3 N–H and O–H groups in total. The zero-order valence-corrected chi connectivity index (χ0v) is 11.3. The molecule has 0 fully saturated rings. The normalized spacial score (nSPS) is 11.9. The van der Waals surface area contributed by atoms with Crippen molar-refractivity contribution in [2.45, 2.75) is 19.5 Å². The Balaban J connectivity index is 2.05. The summed E-state index contributed by atoms with van der Waals surface area (Å²) in [5.74, 6) is 1.70. The predicted octanol–water partition coefficient (Wildman–Crippen LogP) is 2.72. The van der Waals surface area contributed by atoms with Crippen LogP contribution in [0.25, 0.3) is 0 Å². The van der Waals surface area contributed by atoms with E-state index in [-0.39, 0.29) is 6.04 Å². The van der Waals surface area contributed by atoms with Crippen molar-refractivity contribution in [2.75, 3.05) is 12.4 Å². The van der Waals surface area contributed by atoms with E-state index in [1.165, 1.54) is 5.56 Å². The third-order valence-electron chi connectivity index (χ3n) is 2.95. The number of nitrogens with zero attached hydrogens (tertiary/aromatic N) is 1. The average Bonchev–Trinajstić information content (AvgIpc) is 2.46. The van der Waals surface area contributed by atoms with E-state index in [2.05, 4.69) is 10.3 Å². The van der Waals surface area contributed by atoms with Crippen LogP contribution in [0.15, 0.2) is 42.6 Å². The van der Waals surface area contributed by atoms with Gasteiger partial charge in [-0.25, -0.2) is 4.98 Å². The Morgan fingerprint density at radius 2 is 2.00 bits per heavy atom. The van der Waals surface area contributed by atoms with Gasteiger partial charge in [0.15, 0.2) is 0 Å². The van der Waals surface area contributed by atoms with Crippen LogP contribution < -0.4 is 15.8 Å². The molecule has 1 aromatic carbocycles. The van der Waals surface area contributed by atoms with E-state index in [1.54, 1.807) is 13.3 Å². The van der Waals surface area contributed by atoms with Gasteiger partial charge in [0.05, 0.1) is 7.11 Å². The van der Waals surface area contributed by atoms with Gasteiger partial charge >= 0.3 is 0 Å². The third-order valence-corrected chi connectivity index (χ3v) is 2.95. The fourth-order valence-corrected chi connectivity index (χ4v) is 1.86. The van der Waals surface area contributed by atoms with Crippen molar-refractivity contribution >= 4 is 5.82 Å². The van der Waals surface area contributed by atoms with Crippen molar-refractivity contribution in [1.29, 1.82) is 0 Å². The minimum absolute atomic E-state index is 0.0351. The molecule has 1 unspecified atom stereocenters. The van der Waals surface area contributed by atoms with Crippen molar-refractivity contribution in [3.8, 4) is 5.75 Å². The molecule has 0 aliphatic carbocycles. The molecule has 2 aromatic rings. The fourth-order valence-electron chi connectivity index (χ4n) is 1.86. The first-order valence-electron chi connectivity index (χ1n) is 6.28. The van der Waals surface area contributed by atoms with E-state index in [4.69, 9.17) is 10.5 Å². The Labute approximate surface area is 113 Å². The van der Waals surface area contributed by atoms with Crippen LogP contribution in [0.2, 0.25) is 0 Å². The summed E-state index contributed by atoms with van der Waals surface area (Å²) in [5.41, 5.74) is 8.12. The zero-order valence-electron chi connectivity index (χ0n) is 11.3. The Hall–Kier alpha value is -2.07. The number of anilines is 1. The molecule has 4 nitrogen and oxygen atoms in total. The van der Waals surface area contributed by atoms with Gasteiger partial charge in [0.2, 0.25) is 0 Å². The van der Waals surface area contributed by atoms with E-state index >= 15 is 0 Å². The summed E-state index contributed by atoms with van der Waals surface area (Å²) >= 11 is 0. The van der Waals surface area contributed by atoms with Crippen LogP contribution in [0, 0.1) is 0 Å². The second-order valence-corrected chi connectivity index (χ2v) is 4.43. The second-order valence-electron chi connectivity index (χ2n) is 4.43. The van der Waals surface area contributed by atoms with E-state index in [0.29, 0.717) is 6.54 Å². The highest BCUT2D eigenvalue weighted by atomic mass is 16.5. The molecule has 100 valence electrons. The molecule has 0 bridgehead atoms. The molecule has 0 saturated heterocycles. The van der Waals surface area contributed by atoms with Crippen LogP contribution in [0.5, 0.6) is 5.75 Å². The van der Waals surface area contributed by atoms with Gasteiger partial charge < -0.3 is 15.8 Å². The molecule has 0 amide bonds. The minimum Gasteiger partial charge on any atom is -0.497 e. The van der Waals surface area contributed by atoms with E-state index < -0.39 is 0 Å². The molecule has 1 heterocycles. The summed E-state index contributed by atoms with van der Waals surface area (Å²) in [7, 11) is 1.66. The number of nitrogens with two attached hydrogens (primary N) is 1. The first-order chi connectivity index (χ1) is 9.20. The highest BCUT2D eigenvalue weighted by Gasteiger charge is 2.06. The maximum atomic E-state index is 5.92. The number of pyridine rings is 1.